The summed E-state index contributed by atoms with van der Waals surface area (Å²) >= 11 is 0. The fraction of sp³-hybridized carbons (Fsp3) is 0.500. The lowest BCUT2D eigenvalue weighted by Crippen LogP contribution is -2.35. The Morgan fingerprint density at radius 3 is 2.79 bits per heavy atom. The summed E-state index contributed by atoms with van der Waals surface area (Å²) in [5.74, 6) is 0.766. The molecule has 2 atom stereocenters. The van der Waals surface area contributed by atoms with E-state index >= 15 is 0 Å². The molecular weight excluding hydrogens is 354 g/mol. The van der Waals surface area contributed by atoms with Gasteiger partial charge in [-0.2, -0.15) is 0 Å². The lowest BCUT2D eigenvalue weighted by Gasteiger charge is -2.39. The Hall–Kier alpha value is -2.90. The van der Waals surface area contributed by atoms with E-state index in [1.54, 1.807) is 24.4 Å². The summed E-state index contributed by atoms with van der Waals surface area (Å²) < 4.78 is 0. The van der Waals surface area contributed by atoms with Crippen LogP contribution in [0.4, 0.5) is 17.3 Å². The highest BCUT2D eigenvalue weighted by Gasteiger charge is 2.50. The van der Waals surface area contributed by atoms with Gasteiger partial charge in [0, 0.05) is 18.8 Å². The van der Waals surface area contributed by atoms with Gasteiger partial charge in [0.1, 0.15) is 17.7 Å². The number of nitrogens with one attached hydrogen (secondary N) is 2. The molecular formula is C20H27N7O. The number of nitrogens with two attached hydrogens (primary N) is 1. The van der Waals surface area contributed by atoms with Crippen LogP contribution >= 0.6 is 0 Å². The van der Waals surface area contributed by atoms with Crippen LogP contribution < -0.4 is 21.5 Å². The molecule has 3 heterocycles. The number of hydrogen-bond acceptors (Lipinski definition) is 7. The summed E-state index contributed by atoms with van der Waals surface area (Å²) in [6.45, 7) is 7.96. The maximum atomic E-state index is 12.2. The van der Waals surface area contributed by atoms with E-state index in [0.717, 1.165) is 25.2 Å². The highest BCUT2D eigenvalue weighted by molar-refractivity contribution is 5.93. The van der Waals surface area contributed by atoms with Crippen LogP contribution in [0.2, 0.25) is 0 Å². The quantitative estimate of drug-likeness (QED) is 0.699. The minimum absolute atomic E-state index is 0.268. The lowest BCUT2D eigenvalue weighted by atomic mass is 9.65. The van der Waals surface area contributed by atoms with E-state index in [1.165, 1.54) is 12.7 Å². The van der Waals surface area contributed by atoms with Crippen LogP contribution in [0, 0.1) is 10.8 Å². The molecule has 1 saturated carbocycles. The van der Waals surface area contributed by atoms with Crippen LogP contribution in [0.5, 0.6) is 0 Å². The number of carbonyl (C=O) groups excluding carboxylic acids is 1. The summed E-state index contributed by atoms with van der Waals surface area (Å²) in [6, 6.07) is 5.57. The molecule has 2 aromatic heterocycles. The van der Waals surface area contributed by atoms with Crippen LogP contribution in [0.3, 0.4) is 0 Å². The van der Waals surface area contributed by atoms with Gasteiger partial charge in [-0.25, -0.2) is 9.97 Å². The fourth-order valence-corrected chi connectivity index (χ4v) is 5.10. The van der Waals surface area contributed by atoms with E-state index in [4.69, 9.17) is 5.73 Å². The van der Waals surface area contributed by atoms with Crippen LogP contribution in [0.15, 0.2) is 30.7 Å². The van der Waals surface area contributed by atoms with Gasteiger partial charge in [-0.05, 0) is 42.2 Å². The van der Waals surface area contributed by atoms with Crippen molar-refractivity contribution in [2.45, 2.75) is 46.1 Å². The molecule has 1 amide bonds. The number of nitrogens with zero attached hydrogens (tertiary/aromatic N) is 4. The third-order valence-corrected chi connectivity index (χ3v) is 5.74. The summed E-state index contributed by atoms with van der Waals surface area (Å²) in [7, 11) is 0. The van der Waals surface area contributed by atoms with Crippen molar-refractivity contribution in [3.63, 3.8) is 0 Å². The van der Waals surface area contributed by atoms with Crippen molar-refractivity contribution in [1.29, 1.82) is 0 Å². The van der Waals surface area contributed by atoms with Gasteiger partial charge in [-0.3, -0.25) is 20.6 Å². The Labute approximate surface area is 164 Å². The fourth-order valence-electron chi connectivity index (χ4n) is 5.10. The predicted molar refractivity (Wildman–Crippen MR) is 109 cm³/mol. The number of hydrogen-bond donors (Lipinski definition) is 3. The Kier molecular flexibility index (Phi) is 4.36. The minimum Gasteiger partial charge on any atom is -0.393 e. The molecule has 0 spiro atoms. The second kappa shape index (κ2) is 6.61. The van der Waals surface area contributed by atoms with Gasteiger partial charge in [0.05, 0.1) is 0 Å². The van der Waals surface area contributed by atoms with Crippen molar-refractivity contribution >= 4 is 23.2 Å². The van der Waals surface area contributed by atoms with Gasteiger partial charge in [0.25, 0.3) is 5.91 Å². The summed E-state index contributed by atoms with van der Waals surface area (Å²) in [5, 5.41) is 0. The molecule has 1 saturated heterocycles. The van der Waals surface area contributed by atoms with E-state index in [9.17, 15) is 4.79 Å². The number of carbonyl (C=O) groups is 1. The van der Waals surface area contributed by atoms with Gasteiger partial charge in [-0.15, -0.1) is 0 Å². The van der Waals surface area contributed by atoms with Crippen LogP contribution in [0.25, 0.3) is 0 Å². The number of hydrazine groups is 1. The summed E-state index contributed by atoms with van der Waals surface area (Å²) in [5.41, 5.74) is 13.1. The lowest BCUT2D eigenvalue weighted by molar-refractivity contribution is 0.0957. The first-order valence-corrected chi connectivity index (χ1v) is 9.61. The molecule has 2 fully saturated rings. The molecule has 0 aromatic carbocycles. The Bertz CT molecular complexity index is 885. The van der Waals surface area contributed by atoms with Gasteiger partial charge >= 0.3 is 0 Å². The van der Waals surface area contributed by atoms with Crippen molar-refractivity contribution in [2.24, 2.45) is 10.8 Å². The van der Waals surface area contributed by atoms with Crippen LogP contribution in [0.1, 0.15) is 50.5 Å². The van der Waals surface area contributed by atoms with E-state index in [-0.39, 0.29) is 11.3 Å². The van der Waals surface area contributed by atoms with Crippen molar-refractivity contribution in [1.82, 2.24) is 20.4 Å². The first-order chi connectivity index (χ1) is 13.3. The molecule has 2 aliphatic rings. The Morgan fingerprint density at radius 2 is 2.04 bits per heavy atom. The average molecular weight is 381 g/mol. The number of anilines is 3. The van der Waals surface area contributed by atoms with Crippen molar-refractivity contribution < 1.29 is 4.79 Å². The molecule has 0 radical (unpaired) electrons. The number of nitrogen functional groups attached to an aromatic ring is 1. The van der Waals surface area contributed by atoms with Gasteiger partial charge < -0.3 is 10.6 Å². The molecule has 2 bridgehead atoms. The second-order valence-electron chi connectivity index (χ2n) is 9.10. The van der Waals surface area contributed by atoms with E-state index in [0.29, 0.717) is 28.7 Å². The molecule has 28 heavy (non-hydrogen) atoms. The van der Waals surface area contributed by atoms with Gasteiger partial charge in [0.2, 0.25) is 0 Å². The largest absolute Gasteiger partial charge is 0.393 e. The Balaban J connectivity index is 1.52. The second-order valence-corrected chi connectivity index (χ2v) is 9.10. The molecule has 4 N–H and O–H groups in total. The van der Waals surface area contributed by atoms with Crippen LogP contribution in [-0.4, -0.2) is 33.4 Å². The number of aromatic nitrogens is 3. The molecule has 8 heteroatoms. The average Bonchev–Trinajstić information content (AvgIpc) is 2.90. The topological polar surface area (TPSA) is 109 Å². The number of fused-ring (bicyclic) bond motifs is 2. The van der Waals surface area contributed by atoms with Crippen molar-refractivity contribution in [2.75, 3.05) is 22.6 Å². The molecule has 148 valence electrons. The molecule has 2 aromatic rings. The monoisotopic (exact) mass is 381 g/mol. The highest BCUT2D eigenvalue weighted by Crippen LogP contribution is 2.53. The number of amides is 1. The first-order valence-electron chi connectivity index (χ1n) is 9.61. The number of rotatable bonds is 4. The zero-order valence-corrected chi connectivity index (χ0v) is 16.6. The SMILES string of the molecule is CC1(C)CC2CC(C)(CN2c2ncnc(NNC(=O)c3ccccn3)c2N)C1. The summed E-state index contributed by atoms with van der Waals surface area (Å²) in [6.07, 6.45) is 6.52. The van der Waals surface area contributed by atoms with Gasteiger partial charge in [-0.1, -0.05) is 26.8 Å². The van der Waals surface area contributed by atoms with E-state index in [2.05, 4.69) is 51.5 Å². The molecule has 2 unspecified atom stereocenters. The predicted octanol–water partition coefficient (Wildman–Crippen LogP) is 2.62. The molecule has 1 aliphatic heterocycles. The first kappa shape index (κ1) is 18.5. The zero-order chi connectivity index (χ0) is 19.9. The third kappa shape index (κ3) is 3.46. The van der Waals surface area contributed by atoms with E-state index < -0.39 is 0 Å². The van der Waals surface area contributed by atoms with Crippen molar-refractivity contribution in [3.8, 4) is 0 Å². The number of pyridine rings is 1. The van der Waals surface area contributed by atoms with E-state index in [1.807, 2.05) is 0 Å². The van der Waals surface area contributed by atoms with Crippen molar-refractivity contribution in [3.05, 3.63) is 36.4 Å². The maximum absolute atomic E-state index is 12.2. The summed E-state index contributed by atoms with van der Waals surface area (Å²) in [4.78, 5) is 27.2. The third-order valence-electron chi connectivity index (χ3n) is 5.74. The molecule has 8 nitrogen and oxygen atoms in total. The van der Waals surface area contributed by atoms with Crippen LogP contribution in [-0.2, 0) is 0 Å². The highest BCUT2D eigenvalue weighted by atomic mass is 16.2. The van der Waals surface area contributed by atoms with Gasteiger partial charge in [0.15, 0.2) is 11.6 Å². The minimum atomic E-state index is -0.355. The normalized spacial score (nSPS) is 25.4. The molecule has 1 aliphatic carbocycles. The zero-order valence-electron chi connectivity index (χ0n) is 16.6. The molecule has 4 rings (SSSR count). The smallest absolute Gasteiger partial charge is 0.288 e. The standard InChI is InChI=1S/C20H27N7O/c1-19(2)8-13-9-20(3,10-19)11-27(13)17-15(21)16(23-12-24-17)25-26-18(28)14-6-4-5-7-22-14/h4-7,12-13H,8-11,21H2,1-3H3,(H,26,28)(H,23,24,25). The Morgan fingerprint density at radius 1 is 1.21 bits per heavy atom. The maximum Gasteiger partial charge on any atom is 0.288 e.